The van der Waals surface area contributed by atoms with E-state index >= 15 is 0 Å². The Balaban J connectivity index is 0.00000163. The number of amides is 1. The van der Waals surface area contributed by atoms with Crippen molar-refractivity contribution in [2.75, 3.05) is 12.5 Å². The van der Waals surface area contributed by atoms with Gasteiger partial charge in [-0.3, -0.25) is 4.79 Å². The largest absolute Gasteiger partial charge is 0.456 e. The fourth-order valence-corrected chi connectivity index (χ4v) is 2.73. The maximum absolute atomic E-state index is 13.0. The first-order chi connectivity index (χ1) is 12.2. The average molecular weight is 424 g/mol. The molecule has 0 saturated carbocycles. The van der Waals surface area contributed by atoms with E-state index in [9.17, 15) is 18.0 Å². The van der Waals surface area contributed by atoms with Gasteiger partial charge in [0.25, 0.3) is 0 Å². The summed E-state index contributed by atoms with van der Waals surface area (Å²) in [6, 6.07) is 8.02. The molecule has 26 heavy (non-hydrogen) atoms. The van der Waals surface area contributed by atoms with Crippen LogP contribution in [0.2, 0.25) is 5.02 Å². The number of hydrogen-bond acceptors (Lipinski definition) is 4. The molecule has 2 aromatic carbocycles. The van der Waals surface area contributed by atoms with E-state index in [0.29, 0.717) is 0 Å². The van der Waals surface area contributed by atoms with Gasteiger partial charge in [-0.1, -0.05) is 11.6 Å². The van der Waals surface area contributed by atoms with Crippen LogP contribution in [-0.4, -0.2) is 18.4 Å². The van der Waals surface area contributed by atoms with Crippen LogP contribution in [0.3, 0.4) is 0 Å². The second kappa shape index (κ2) is 9.99. The quantitative estimate of drug-likeness (QED) is 0.497. The first-order valence-corrected chi connectivity index (χ1v) is 9.64. The van der Waals surface area contributed by atoms with Gasteiger partial charge in [0.1, 0.15) is 11.5 Å². The summed E-state index contributed by atoms with van der Waals surface area (Å²) in [7, 11) is 0. The molecule has 2 rings (SSSR count). The van der Waals surface area contributed by atoms with Gasteiger partial charge < -0.3 is 10.5 Å². The second-order valence-corrected chi connectivity index (χ2v) is 6.19. The van der Waals surface area contributed by atoms with Crippen molar-refractivity contribution in [3.8, 4) is 11.5 Å². The minimum Gasteiger partial charge on any atom is -0.456 e. The predicted octanol–water partition coefficient (Wildman–Crippen LogP) is 5.45. The van der Waals surface area contributed by atoms with Gasteiger partial charge in [-0.15, -0.1) is 11.8 Å². The van der Waals surface area contributed by atoms with Gasteiger partial charge in [0.05, 0.1) is 17.0 Å². The molecule has 0 spiro atoms. The first-order valence-electron chi connectivity index (χ1n) is 7.14. The smallest absolute Gasteiger partial charge is 0.416 e. The van der Waals surface area contributed by atoms with Crippen molar-refractivity contribution in [2.45, 2.75) is 17.5 Å². The number of ether oxygens (including phenoxy) is 1. The molecule has 1 amide bonds. The van der Waals surface area contributed by atoms with E-state index in [0.717, 1.165) is 17.0 Å². The molecule has 0 bridgehead atoms. The molecular formula is C17H17ClF3NO2S2. The third-order valence-corrected chi connectivity index (χ3v) is 4.06. The Bertz CT molecular complexity index is 770. The molecule has 0 fully saturated rings. The molecule has 9 heteroatoms. The van der Waals surface area contributed by atoms with E-state index in [4.69, 9.17) is 22.1 Å². The number of thiol groups is 1. The van der Waals surface area contributed by atoms with E-state index < -0.39 is 17.6 Å². The molecule has 0 saturated heterocycles. The summed E-state index contributed by atoms with van der Waals surface area (Å²) in [5, 5.41) is 0.274. The number of thioether (sulfide) groups is 1. The zero-order valence-corrected chi connectivity index (χ0v) is 16.4. The summed E-state index contributed by atoms with van der Waals surface area (Å²) < 4.78 is 44.5. The molecule has 0 heterocycles. The highest BCUT2D eigenvalue weighted by atomic mass is 35.5. The Morgan fingerprint density at radius 3 is 2.38 bits per heavy atom. The number of primary amides is 1. The van der Waals surface area contributed by atoms with Crippen molar-refractivity contribution in [3.05, 3.63) is 52.5 Å². The molecule has 2 N–H and O–H groups in total. The van der Waals surface area contributed by atoms with Crippen molar-refractivity contribution < 1.29 is 22.7 Å². The SMILES string of the molecule is CS.CSc1ccc(Oc2cc(CC(N)=O)cc(C(F)(F)F)c2)c(Cl)c1. The molecule has 0 aromatic heterocycles. The van der Waals surface area contributed by atoms with Crippen molar-refractivity contribution >= 4 is 41.9 Å². The fraction of sp³-hybridized carbons (Fsp3) is 0.235. The molecular weight excluding hydrogens is 407 g/mol. The molecule has 142 valence electrons. The summed E-state index contributed by atoms with van der Waals surface area (Å²) in [4.78, 5) is 11.9. The Labute approximate surface area is 164 Å². The zero-order valence-electron chi connectivity index (χ0n) is 13.9. The predicted molar refractivity (Wildman–Crippen MR) is 103 cm³/mol. The van der Waals surface area contributed by atoms with Gasteiger partial charge in [-0.05, 0) is 54.5 Å². The van der Waals surface area contributed by atoms with E-state index in [1.807, 2.05) is 6.26 Å². The van der Waals surface area contributed by atoms with Gasteiger partial charge >= 0.3 is 6.18 Å². The molecule has 3 nitrogen and oxygen atoms in total. The molecule has 2 aromatic rings. The third-order valence-electron chi connectivity index (χ3n) is 3.04. The fourth-order valence-electron chi connectivity index (χ4n) is 2.00. The standard InChI is InChI=1S/C16H13ClF3NO2S.CH4S/c1-24-12-2-3-14(13(17)8-12)23-11-5-9(6-15(21)22)4-10(7-11)16(18,19)20;1-2/h2-5,7-8H,6H2,1H3,(H2,21,22);2H,1H3. The van der Waals surface area contributed by atoms with Crippen LogP contribution in [0.5, 0.6) is 11.5 Å². The number of alkyl halides is 3. The number of nitrogens with two attached hydrogens (primary N) is 1. The van der Waals surface area contributed by atoms with E-state index in [1.54, 1.807) is 24.5 Å². The highest BCUT2D eigenvalue weighted by Gasteiger charge is 2.31. The number of carbonyl (C=O) groups excluding carboxylic acids is 1. The van der Waals surface area contributed by atoms with Crippen molar-refractivity contribution in [3.63, 3.8) is 0 Å². The maximum Gasteiger partial charge on any atom is 0.416 e. The van der Waals surface area contributed by atoms with Crippen LogP contribution in [0.4, 0.5) is 13.2 Å². The van der Waals surface area contributed by atoms with Gasteiger partial charge in [0.2, 0.25) is 5.91 Å². The van der Waals surface area contributed by atoms with Gasteiger partial charge in [0, 0.05) is 4.90 Å². The summed E-state index contributed by atoms with van der Waals surface area (Å²) in [6.07, 6.45) is -1.33. The van der Waals surface area contributed by atoms with E-state index in [2.05, 4.69) is 12.6 Å². The monoisotopic (exact) mass is 423 g/mol. The highest BCUT2D eigenvalue weighted by Crippen LogP contribution is 2.36. The van der Waals surface area contributed by atoms with Gasteiger partial charge in [-0.2, -0.15) is 25.8 Å². The van der Waals surface area contributed by atoms with Crippen LogP contribution in [-0.2, 0) is 17.4 Å². The van der Waals surface area contributed by atoms with E-state index in [-0.39, 0.29) is 28.5 Å². The Morgan fingerprint density at radius 2 is 1.88 bits per heavy atom. The second-order valence-electron chi connectivity index (χ2n) is 4.90. The normalized spacial score (nSPS) is 10.7. The van der Waals surface area contributed by atoms with Crippen LogP contribution in [0.15, 0.2) is 41.3 Å². The average Bonchev–Trinajstić information content (AvgIpc) is 2.57. The molecule has 0 atom stereocenters. The minimum absolute atomic E-state index is 0.0696. The Morgan fingerprint density at radius 1 is 1.23 bits per heavy atom. The zero-order chi connectivity index (χ0) is 19.9. The molecule has 0 aliphatic heterocycles. The lowest BCUT2D eigenvalue weighted by molar-refractivity contribution is -0.137. The van der Waals surface area contributed by atoms with Crippen LogP contribution in [0.1, 0.15) is 11.1 Å². The Kier molecular flexibility index (Phi) is 8.66. The lowest BCUT2D eigenvalue weighted by Crippen LogP contribution is -2.14. The lowest BCUT2D eigenvalue weighted by Gasteiger charge is -2.13. The molecule has 0 unspecified atom stereocenters. The maximum atomic E-state index is 13.0. The van der Waals surface area contributed by atoms with Crippen molar-refractivity contribution in [2.24, 2.45) is 5.73 Å². The van der Waals surface area contributed by atoms with Gasteiger partial charge in [0.15, 0.2) is 0 Å². The number of halogens is 4. The molecule has 0 aliphatic rings. The van der Waals surface area contributed by atoms with Crippen LogP contribution >= 0.6 is 36.0 Å². The van der Waals surface area contributed by atoms with Crippen LogP contribution in [0.25, 0.3) is 0 Å². The number of hydrogen-bond donors (Lipinski definition) is 2. The summed E-state index contributed by atoms with van der Waals surface area (Å²) >= 11 is 11.1. The summed E-state index contributed by atoms with van der Waals surface area (Å²) in [5.74, 6) is -0.582. The topological polar surface area (TPSA) is 52.3 Å². The number of rotatable bonds is 5. The summed E-state index contributed by atoms with van der Waals surface area (Å²) in [6.45, 7) is 0. The van der Waals surface area contributed by atoms with E-state index in [1.165, 1.54) is 17.8 Å². The lowest BCUT2D eigenvalue weighted by atomic mass is 10.1. The first kappa shape index (κ1) is 22.5. The van der Waals surface area contributed by atoms with Gasteiger partial charge in [-0.25, -0.2) is 0 Å². The van der Waals surface area contributed by atoms with Crippen molar-refractivity contribution in [1.29, 1.82) is 0 Å². The minimum atomic E-state index is -4.57. The molecule has 0 aliphatic carbocycles. The number of carbonyl (C=O) groups is 1. The van der Waals surface area contributed by atoms with Crippen molar-refractivity contribution in [1.82, 2.24) is 0 Å². The third kappa shape index (κ3) is 6.66. The summed E-state index contributed by atoms with van der Waals surface area (Å²) in [5.41, 5.74) is 4.25. The number of benzene rings is 2. The molecule has 0 radical (unpaired) electrons. The Hall–Kier alpha value is -1.51. The highest BCUT2D eigenvalue weighted by molar-refractivity contribution is 7.98. The van der Waals surface area contributed by atoms with Crippen LogP contribution < -0.4 is 10.5 Å². The van der Waals surface area contributed by atoms with Crippen LogP contribution in [0, 0.1) is 0 Å².